The van der Waals surface area contributed by atoms with Crippen molar-refractivity contribution in [3.05, 3.63) is 70.8 Å². The summed E-state index contributed by atoms with van der Waals surface area (Å²) >= 11 is 0. The van der Waals surface area contributed by atoms with Crippen molar-refractivity contribution in [3.63, 3.8) is 0 Å². The van der Waals surface area contributed by atoms with Gasteiger partial charge in [0.25, 0.3) is 0 Å². The molecule has 112 valence electrons. The van der Waals surface area contributed by atoms with E-state index in [-0.39, 0.29) is 6.10 Å². The minimum absolute atomic E-state index is 0.156. The topological polar surface area (TPSA) is 21.3 Å². The van der Waals surface area contributed by atoms with E-state index >= 15 is 0 Å². The van der Waals surface area contributed by atoms with Crippen LogP contribution in [0.1, 0.15) is 34.8 Å². The lowest BCUT2D eigenvalue weighted by molar-refractivity contribution is 0.238. The van der Waals surface area contributed by atoms with Gasteiger partial charge in [0.15, 0.2) is 0 Å². The van der Waals surface area contributed by atoms with Gasteiger partial charge in [-0.25, -0.2) is 0 Å². The summed E-state index contributed by atoms with van der Waals surface area (Å²) in [6, 6.07) is 15.3. The quantitative estimate of drug-likeness (QED) is 0.901. The van der Waals surface area contributed by atoms with E-state index < -0.39 is 0 Å². The van der Waals surface area contributed by atoms with Gasteiger partial charge in [0.05, 0.1) is 0 Å². The number of benzene rings is 2. The van der Waals surface area contributed by atoms with E-state index in [9.17, 15) is 0 Å². The molecule has 0 aromatic heterocycles. The predicted molar refractivity (Wildman–Crippen MR) is 90.2 cm³/mol. The van der Waals surface area contributed by atoms with Crippen LogP contribution in [0.3, 0.4) is 0 Å². The van der Waals surface area contributed by atoms with Crippen molar-refractivity contribution in [2.45, 2.75) is 25.9 Å². The van der Waals surface area contributed by atoms with Gasteiger partial charge in [-0.1, -0.05) is 42.0 Å². The summed E-state index contributed by atoms with van der Waals surface area (Å²) in [7, 11) is 0. The van der Waals surface area contributed by atoms with Crippen LogP contribution in [0.5, 0.6) is 5.75 Å². The lowest BCUT2D eigenvalue weighted by Gasteiger charge is -2.15. The molecular weight excluding hydrogens is 270 g/mol. The van der Waals surface area contributed by atoms with Gasteiger partial charge in [-0.15, -0.1) is 0 Å². The molecule has 4 rings (SSSR count). The molecule has 0 fully saturated rings. The Morgan fingerprint density at radius 1 is 1.14 bits per heavy atom. The molecule has 0 radical (unpaired) electrons. The van der Waals surface area contributed by atoms with Crippen molar-refractivity contribution in [2.75, 3.05) is 13.1 Å². The first-order valence-corrected chi connectivity index (χ1v) is 8.06. The van der Waals surface area contributed by atoms with E-state index in [1.54, 1.807) is 0 Å². The smallest absolute Gasteiger partial charge is 0.128 e. The van der Waals surface area contributed by atoms with Gasteiger partial charge in [0.2, 0.25) is 0 Å². The Kier molecular flexibility index (Phi) is 3.47. The van der Waals surface area contributed by atoms with Crippen LogP contribution in [0.4, 0.5) is 0 Å². The fraction of sp³-hybridized carbons (Fsp3) is 0.300. The van der Waals surface area contributed by atoms with Crippen molar-refractivity contribution in [3.8, 4) is 5.75 Å². The first kappa shape index (κ1) is 13.6. The lowest BCUT2D eigenvalue weighted by atomic mass is 9.97. The summed E-state index contributed by atoms with van der Waals surface area (Å²) < 4.78 is 6.16. The van der Waals surface area contributed by atoms with Crippen LogP contribution in [0, 0.1) is 6.92 Å². The number of fused-ring (bicyclic) bond motifs is 1. The SMILES string of the molecule is Cc1cccc(C2Cc3cc(C4=CCCNC4)ccc3O2)c1. The van der Waals surface area contributed by atoms with Crippen LogP contribution in [0.15, 0.2) is 48.5 Å². The second-order valence-electron chi connectivity index (χ2n) is 6.24. The van der Waals surface area contributed by atoms with Gasteiger partial charge < -0.3 is 10.1 Å². The van der Waals surface area contributed by atoms with Crippen LogP contribution >= 0.6 is 0 Å². The molecule has 2 heteroatoms. The fourth-order valence-electron chi connectivity index (χ4n) is 3.37. The van der Waals surface area contributed by atoms with Crippen LogP contribution in [0.2, 0.25) is 0 Å². The maximum absolute atomic E-state index is 6.16. The minimum atomic E-state index is 0.156. The monoisotopic (exact) mass is 291 g/mol. The second-order valence-corrected chi connectivity index (χ2v) is 6.24. The highest BCUT2D eigenvalue weighted by molar-refractivity contribution is 5.69. The van der Waals surface area contributed by atoms with E-state index in [2.05, 4.69) is 60.8 Å². The van der Waals surface area contributed by atoms with Crippen molar-refractivity contribution in [1.82, 2.24) is 5.32 Å². The molecule has 2 aromatic rings. The number of nitrogens with one attached hydrogen (secondary N) is 1. The highest BCUT2D eigenvalue weighted by Gasteiger charge is 2.25. The molecule has 22 heavy (non-hydrogen) atoms. The average molecular weight is 291 g/mol. The third-order valence-electron chi connectivity index (χ3n) is 4.55. The number of rotatable bonds is 2. The molecule has 0 saturated carbocycles. The van der Waals surface area contributed by atoms with Crippen LogP contribution < -0.4 is 10.1 Å². The maximum Gasteiger partial charge on any atom is 0.128 e. The van der Waals surface area contributed by atoms with Crippen molar-refractivity contribution >= 4 is 5.57 Å². The highest BCUT2D eigenvalue weighted by atomic mass is 16.5. The van der Waals surface area contributed by atoms with Gasteiger partial charge in [-0.2, -0.15) is 0 Å². The van der Waals surface area contributed by atoms with E-state index in [1.807, 2.05) is 0 Å². The molecule has 1 unspecified atom stereocenters. The summed E-state index contributed by atoms with van der Waals surface area (Å²) in [5.74, 6) is 1.04. The average Bonchev–Trinajstić information content (AvgIpc) is 2.99. The summed E-state index contributed by atoms with van der Waals surface area (Å²) in [4.78, 5) is 0. The number of hydrogen-bond acceptors (Lipinski definition) is 2. The van der Waals surface area contributed by atoms with Crippen LogP contribution in [-0.2, 0) is 6.42 Å². The van der Waals surface area contributed by atoms with Crippen molar-refractivity contribution in [1.29, 1.82) is 0 Å². The van der Waals surface area contributed by atoms with Crippen molar-refractivity contribution < 1.29 is 4.74 Å². The molecule has 0 aliphatic carbocycles. The fourth-order valence-corrected chi connectivity index (χ4v) is 3.37. The van der Waals surface area contributed by atoms with Crippen LogP contribution in [-0.4, -0.2) is 13.1 Å². The molecule has 2 nitrogen and oxygen atoms in total. The molecule has 2 aliphatic heterocycles. The molecular formula is C20H21NO. The van der Waals surface area contributed by atoms with Crippen LogP contribution in [0.25, 0.3) is 5.57 Å². The predicted octanol–water partition coefficient (Wildman–Crippen LogP) is 4.05. The Hall–Kier alpha value is -2.06. The zero-order chi connectivity index (χ0) is 14.9. The zero-order valence-corrected chi connectivity index (χ0v) is 12.9. The Morgan fingerprint density at radius 3 is 2.91 bits per heavy atom. The Morgan fingerprint density at radius 2 is 2.09 bits per heavy atom. The largest absolute Gasteiger partial charge is 0.485 e. The summed E-state index contributed by atoms with van der Waals surface area (Å²) in [6.07, 6.45) is 4.59. The Bertz CT molecular complexity index is 732. The molecule has 1 N–H and O–H groups in total. The molecule has 0 saturated heterocycles. The van der Waals surface area contributed by atoms with Gasteiger partial charge in [-0.05, 0) is 54.3 Å². The number of aryl methyl sites for hydroxylation is 1. The van der Waals surface area contributed by atoms with E-state index in [1.165, 1.54) is 27.8 Å². The normalized spacial score (nSPS) is 20.2. The van der Waals surface area contributed by atoms with Gasteiger partial charge in [0, 0.05) is 13.0 Å². The first-order chi connectivity index (χ1) is 10.8. The lowest BCUT2D eigenvalue weighted by Crippen LogP contribution is -2.21. The molecule has 1 atom stereocenters. The molecule has 0 spiro atoms. The number of hydrogen-bond donors (Lipinski definition) is 1. The summed E-state index contributed by atoms with van der Waals surface area (Å²) in [6.45, 7) is 4.19. The molecule has 0 amide bonds. The molecule has 2 aliphatic rings. The van der Waals surface area contributed by atoms with Gasteiger partial charge >= 0.3 is 0 Å². The molecule has 0 bridgehead atoms. The van der Waals surface area contributed by atoms with E-state index in [0.29, 0.717) is 0 Å². The summed E-state index contributed by atoms with van der Waals surface area (Å²) in [5, 5.41) is 3.44. The third-order valence-corrected chi connectivity index (χ3v) is 4.55. The molecule has 2 heterocycles. The summed E-state index contributed by atoms with van der Waals surface area (Å²) in [5.41, 5.74) is 6.63. The van der Waals surface area contributed by atoms with Gasteiger partial charge in [-0.3, -0.25) is 0 Å². The maximum atomic E-state index is 6.16. The van der Waals surface area contributed by atoms with Crippen molar-refractivity contribution in [2.24, 2.45) is 0 Å². The molecule has 2 aromatic carbocycles. The first-order valence-electron chi connectivity index (χ1n) is 8.06. The standard InChI is InChI=1S/C20H21NO/c1-14-4-2-5-16(10-14)20-12-18-11-15(7-8-19(18)22-20)17-6-3-9-21-13-17/h2,4-8,10-11,20-21H,3,9,12-13H2,1H3. The third kappa shape index (κ3) is 2.55. The Labute approximate surface area is 131 Å². The van der Waals surface area contributed by atoms with E-state index in [0.717, 1.165) is 31.7 Å². The van der Waals surface area contributed by atoms with Gasteiger partial charge in [0.1, 0.15) is 11.9 Å². The second kappa shape index (κ2) is 5.62. The Balaban J connectivity index is 1.60. The van der Waals surface area contributed by atoms with E-state index in [4.69, 9.17) is 4.74 Å². The zero-order valence-electron chi connectivity index (χ0n) is 12.9. The minimum Gasteiger partial charge on any atom is -0.485 e. The highest BCUT2D eigenvalue weighted by Crippen LogP contribution is 2.38. The number of ether oxygens (including phenoxy) is 1.